The molecule has 302 valence electrons. The molecule has 3 aromatic heterocycles. The van der Waals surface area contributed by atoms with Gasteiger partial charge >= 0.3 is 0 Å². The second-order valence-corrected chi connectivity index (χ2v) is 20.8. The monoisotopic (exact) mass is 827 g/mol. The summed E-state index contributed by atoms with van der Waals surface area (Å²) in [4.78, 5) is 16.8. The number of rotatable bonds is 8. The number of para-hydroxylation sites is 4. The molecule has 63 heavy (non-hydrogen) atoms. The highest BCUT2D eigenvalue weighted by molar-refractivity contribution is 7.19. The Kier molecular flexibility index (Phi) is 9.19. The lowest BCUT2D eigenvalue weighted by atomic mass is 9.82. The van der Waals surface area contributed by atoms with Gasteiger partial charge in [-0.1, -0.05) is 201 Å². The number of hydrogen-bond donors (Lipinski definition) is 0. The molecule has 0 N–H and O–H groups in total. The van der Waals surface area contributed by atoms with Crippen LogP contribution >= 0.6 is 0 Å². The SMILES string of the molecule is c1ccc([Si](c2ccccc2)(c2ccccc2)c2ccc(C3CCCCC3)c(-c3nc(-n4c5ccccc5c5ccccc54)nc(-n4c5ccccc5c5ccccc54)n3)c2)cc1. The first-order chi connectivity index (χ1) is 31.3. The van der Waals surface area contributed by atoms with Crippen LogP contribution in [0.15, 0.2) is 206 Å². The van der Waals surface area contributed by atoms with E-state index in [9.17, 15) is 0 Å². The summed E-state index contributed by atoms with van der Waals surface area (Å²) in [5.74, 6) is 2.30. The number of benzene rings is 8. The van der Waals surface area contributed by atoms with Crippen LogP contribution < -0.4 is 20.7 Å². The lowest BCUT2D eigenvalue weighted by Crippen LogP contribution is -2.74. The first-order valence-electron chi connectivity index (χ1n) is 22.3. The average molecular weight is 828 g/mol. The maximum atomic E-state index is 5.66. The van der Waals surface area contributed by atoms with Gasteiger partial charge in [-0.05, 0) is 69.3 Å². The van der Waals surface area contributed by atoms with Crippen molar-refractivity contribution in [2.75, 3.05) is 0 Å². The zero-order chi connectivity index (χ0) is 41.7. The smallest absolute Gasteiger partial charge is 0.240 e. The Balaban J connectivity index is 1.21. The summed E-state index contributed by atoms with van der Waals surface area (Å²) in [7, 11) is -2.90. The molecule has 1 fully saturated rings. The fraction of sp³-hybridized carbons (Fsp3) is 0.105. The molecule has 3 heterocycles. The fourth-order valence-corrected chi connectivity index (χ4v) is 15.5. The summed E-state index contributed by atoms with van der Waals surface area (Å²) in [6.07, 6.45) is 6.01. The quantitative estimate of drug-likeness (QED) is 0.113. The highest BCUT2D eigenvalue weighted by atomic mass is 28.3. The highest BCUT2D eigenvalue weighted by Crippen LogP contribution is 2.39. The molecule has 5 nitrogen and oxygen atoms in total. The van der Waals surface area contributed by atoms with Crippen LogP contribution in [0.4, 0.5) is 0 Å². The van der Waals surface area contributed by atoms with E-state index in [1.54, 1.807) is 0 Å². The summed E-state index contributed by atoms with van der Waals surface area (Å²) in [5, 5.41) is 10.00. The van der Waals surface area contributed by atoms with Gasteiger partial charge in [-0.3, -0.25) is 9.13 Å². The lowest BCUT2D eigenvalue weighted by Gasteiger charge is -2.35. The van der Waals surface area contributed by atoms with Crippen molar-refractivity contribution in [2.24, 2.45) is 0 Å². The van der Waals surface area contributed by atoms with E-state index >= 15 is 0 Å². The van der Waals surface area contributed by atoms with Crippen molar-refractivity contribution in [1.29, 1.82) is 0 Å². The molecule has 1 saturated carbocycles. The summed E-state index contributed by atoms with van der Waals surface area (Å²) in [6.45, 7) is 0. The van der Waals surface area contributed by atoms with E-state index in [0.717, 1.165) is 40.5 Å². The Bertz CT molecular complexity index is 3110. The third-order valence-electron chi connectivity index (χ3n) is 13.6. The molecule has 0 spiro atoms. The zero-order valence-electron chi connectivity index (χ0n) is 35.0. The van der Waals surface area contributed by atoms with Crippen LogP contribution in [-0.4, -0.2) is 32.2 Å². The summed E-state index contributed by atoms with van der Waals surface area (Å²) in [5.41, 5.74) is 6.67. The molecule has 8 aromatic carbocycles. The van der Waals surface area contributed by atoms with Crippen LogP contribution in [-0.2, 0) is 0 Å². The Morgan fingerprint density at radius 3 is 1.16 bits per heavy atom. The average Bonchev–Trinajstić information content (AvgIpc) is 3.89. The van der Waals surface area contributed by atoms with Crippen LogP contribution in [0.5, 0.6) is 0 Å². The first-order valence-corrected chi connectivity index (χ1v) is 24.3. The van der Waals surface area contributed by atoms with Crippen LogP contribution in [0.25, 0.3) is 66.9 Å². The molecule has 1 aliphatic carbocycles. The van der Waals surface area contributed by atoms with E-state index in [-0.39, 0.29) is 0 Å². The van der Waals surface area contributed by atoms with E-state index in [1.807, 2.05) is 0 Å². The van der Waals surface area contributed by atoms with Crippen molar-refractivity contribution < 1.29 is 0 Å². The van der Waals surface area contributed by atoms with Gasteiger partial charge in [-0.2, -0.15) is 15.0 Å². The fourth-order valence-electron chi connectivity index (χ4n) is 10.8. The molecular formula is C57H45N5Si. The highest BCUT2D eigenvalue weighted by Gasteiger charge is 2.42. The van der Waals surface area contributed by atoms with Crippen LogP contribution in [0, 0.1) is 0 Å². The minimum atomic E-state index is -2.90. The van der Waals surface area contributed by atoms with Gasteiger partial charge in [-0.25, -0.2) is 0 Å². The second kappa shape index (κ2) is 15.5. The Morgan fingerprint density at radius 1 is 0.365 bits per heavy atom. The standard InChI is InChI=1S/C57H45N5Si/c1-5-21-40(22-6-1)45-38-37-44(63(41-23-7-2-8-24-41,42-25-9-3-10-26-42)43-27-11-4-12-28-43)39-50(45)55-58-56(61-51-33-17-13-29-46(51)47-30-14-18-34-52(47)61)60-57(59-55)62-53-35-19-15-31-48(53)49-32-16-20-36-54(49)62/h2-4,7-20,23-40H,1,5-6,21-22H2. The summed E-state index contributed by atoms with van der Waals surface area (Å²) < 4.78 is 4.49. The molecule has 1 aliphatic rings. The van der Waals surface area contributed by atoms with E-state index in [0.29, 0.717) is 23.6 Å². The van der Waals surface area contributed by atoms with Gasteiger partial charge in [0, 0.05) is 27.1 Å². The zero-order valence-corrected chi connectivity index (χ0v) is 36.0. The number of aromatic nitrogens is 5. The Morgan fingerprint density at radius 2 is 0.746 bits per heavy atom. The molecule has 11 aromatic rings. The molecular weight excluding hydrogens is 783 g/mol. The molecule has 0 aliphatic heterocycles. The van der Waals surface area contributed by atoms with Gasteiger partial charge in [0.05, 0.1) is 22.1 Å². The molecule has 0 unspecified atom stereocenters. The third-order valence-corrected chi connectivity index (χ3v) is 18.3. The molecule has 0 bridgehead atoms. The normalized spacial score (nSPS) is 13.7. The minimum absolute atomic E-state index is 0.397. The van der Waals surface area contributed by atoms with Gasteiger partial charge in [0.25, 0.3) is 0 Å². The summed E-state index contributed by atoms with van der Waals surface area (Å²) in [6, 6.07) is 75.5. The van der Waals surface area contributed by atoms with Crippen LogP contribution in [0.3, 0.4) is 0 Å². The largest absolute Gasteiger partial charge is 0.278 e. The van der Waals surface area contributed by atoms with E-state index in [4.69, 9.17) is 15.0 Å². The maximum absolute atomic E-state index is 5.66. The number of hydrogen-bond acceptors (Lipinski definition) is 3. The first kappa shape index (κ1) is 37.4. The molecule has 6 heteroatoms. The third kappa shape index (κ3) is 6.08. The van der Waals surface area contributed by atoms with Gasteiger partial charge < -0.3 is 0 Å². The predicted molar refractivity (Wildman–Crippen MR) is 263 cm³/mol. The van der Waals surface area contributed by atoms with Crippen molar-refractivity contribution in [3.05, 3.63) is 212 Å². The number of nitrogens with zero attached hydrogens (tertiary/aromatic N) is 5. The molecule has 12 rings (SSSR count). The number of fused-ring (bicyclic) bond motifs is 6. The molecule has 0 amide bonds. The molecule has 0 atom stereocenters. The van der Waals surface area contributed by atoms with E-state index < -0.39 is 8.07 Å². The van der Waals surface area contributed by atoms with Crippen molar-refractivity contribution in [1.82, 2.24) is 24.1 Å². The van der Waals surface area contributed by atoms with Gasteiger partial charge in [0.15, 0.2) is 13.9 Å². The maximum Gasteiger partial charge on any atom is 0.240 e. The van der Waals surface area contributed by atoms with Crippen molar-refractivity contribution in [3.8, 4) is 23.3 Å². The van der Waals surface area contributed by atoms with Gasteiger partial charge in [0.1, 0.15) is 0 Å². The van der Waals surface area contributed by atoms with E-state index in [2.05, 4.69) is 215 Å². The Hall–Kier alpha value is -7.41. The molecule has 0 radical (unpaired) electrons. The van der Waals surface area contributed by atoms with Crippen molar-refractivity contribution >= 4 is 72.4 Å². The molecule has 0 saturated heterocycles. The Labute approximate surface area is 368 Å². The van der Waals surface area contributed by atoms with Gasteiger partial charge in [0.2, 0.25) is 11.9 Å². The lowest BCUT2D eigenvalue weighted by molar-refractivity contribution is 0.444. The van der Waals surface area contributed by atoms with Gasteiger partial charge in [-0.15, -0.1) is 0 Å². The van der Waals surface area contributed by atoms with E-state index in [1.165, 1.54) is 67.1 Å². The predicted octanol–water partition coefficient (Wildman–Crippen LogP) is 11.2. The van der Waals surface area contributed by atoms with Crippen molar-refractivity contribution in [2.45, 2.75) is 38.0 Å². The van der Waals surface area contributed by atoms with Crippen molar-refractivity contribution in [3.63, 3.8) is 0 Å². The summed E-state index contributed by atoms with van der Waals surface area (Å²) >= 11 is 0. The van der Waals surface area contributed by atoms with Crippen LogP contribution in [0.2, 0.25) is 0 Å². The second-order valence-electron chi connectivity index (χ2n) is 17.0. The van der Waals surface area contributed by atoms with Crippen LogP contribution in [0.1, 0.15) is 43.6 Å². The topological polar surface area (TPSA) is 48.5 Å². The minimum Gasteiger partial charge on any atom is -0.278 e.